The highest BCUT2D eigenvalue weighted by molar-refractivity contribution is 5.71. The van der Waals surface area contributed by atoms with E-state index in [0.717, 1.165) is 0 Å². The van der Waals surface area contributed by atoms with Gasteiger partial charge in [0.25, 0.3) is 0 Å². The second kappa shape index (κ2) is 13.2. The van der Waals surface area contributed by atoms with Gasteiger partial charge >= 0.3 is 24.4 Å². The number of carboxylic acids is 1. The summed E-state index contributed by atoms with van der Waals surface area (Å²) in [5, 5.41) is 13.4. The number of carbonyl (C=O) groups is 2. The van der Waals surface area contributed by atoms with E-state index in [9.17, 15) is 41.0 Å². The van der Waals surface area contributed by atoms with Crippen molar-refractivity contribution >= 4 is 18.0 Å². The van der Waals surface area contributed by atoms with Gasteiger partial charge in [0.05, 0.1) is 35.3 Å². The molecule has 0 bridgehead atoms. The number of carbonyl (C=O) groups excluding carboxylic acids is 1. The molecule has 0 spiro atoms. The van der Waals surface area contributed by atoms with Crippen molar-refractivity contribution in [3.63, 3.8) is 0 Å². The minimum Gasteiger partial charge on any atom is -0.481 e. The third kappa shape index (κ3) is 7.85. The number of amides is 1. The molecular weight excluding hydrogens is 634 g/mol. The Morgan fingerprint density at radius 2 is 1.62 bits per heavy atom. The van der Waals surface area contributed by atoms with Crippen molar-refractivity contribution in [2.75, 3.05) is 11.4 Å². The number of alkyl halides is 6. The van der Waals surface area contributed by atoms with Crippen LogP contribution in [0.4, 0.5) is 37.1 Å². The van der Waals surface area contributed by atoms with E-state index < -0.39 is 66.2 Å². The average molecular weight is 667 g/mol. The monoisotopic (exact) mass is 666 g/mol. The number of halogens is 6. The normalized spacial score (nSPS) is 21.8. The molecule has 2 atom stereocenters. The molecule has 2 fully saturated rings. The van der Waals surface area contributed by atoms with Crippen molar-refractivity contribution < 1.29 is 45.8 Å². The molecule has 1 saturated carbocycles. The molecule has 252 valence electrons. The number of ether oxygens (including phenoxy) is 1. The van der Waals surface area contributed by atoms with Crippen molar-refractivity contribution in [1.82, 2.24) is 24.6 Å². The minimum absolute atomic E-state index is 0.0151. The molecule has 5 rings (SSSR count). The van der Waals surface area contributed by atoms with Crippen molar-refractivity contribution in [2.45, 2.75) is 69.2 Å². The van der Waals surface area contributed by atoms with Crippen molar-refractivity contribution in [3.8, 4) is 11.1 Å². The zero-order valence-electron chi connectivity index (χ0n) is 25.2. The largest absolute Gasteiger partial charge is 0.481 e. The van der Waals surface area contributed by atoms with Crippen LogP contribution in [-0.4, -0.2) is 66.5 Å². The lowest BCUT2D eigenvalue weighted by Gasteiger charge is -2.31. The Hall–Kier alpha value is -4.63. The van der Waals surface area contributed by atoms with Crippen molar-refractivity contribution in [2.24, 2.45) is 13.0 Å². The highest BCUT2D eigenvalue weighted by atomic mass is 19.4. The van der Waals surface area contributed by atoms with Crippen molar-refractivity contribution in [1.29, 1.82) is 0 Å². The summed E-state index contributed by atoms with van der Waals surface area (Å²) < 4.78 is 89.4. The molecule has 10 nitrogen and oxygen atoms in total. The highest BCUT2D eigenvalue weighted by Gasteiger charge is 2.41. The summed E-state index contributed by atoms with van der Waals surface area (Å²) in [5.41, 5.74) is -1.91. The SMILES string of the molecule is C=C[C@@H]1C[C@H](N(Cc2cc(C(F)(F)F)cc(C(F)(F)F)c2)c2ncc(-c3cnn(C)c3)cn2)CN1C(=O)O[C@H]1CC[C@H](C(=O)O)CC1. The molecule has 1 aromatic carbocycles. The van der Waals surface area contributed by atoms with Crippen LogP contribution in [0.1, 0.15) is 48.8 Å². The second-order valence-electron chi connectivity index (χ2n) is 11.8. The molecule has 47 heavy (non-hydrogen) atoms. The second-order valence-corrected chi connectivity index (χ2v) is 11.8. The van der Waals surface area contributed by atoms with Gasteiger partial charge in [0.15, 0.2) is 0 Å². The van der Waals surface area contributed by atoms with Gasteiger partial charge in [-0.25, -0.2) is 14.8 Å². The number of nitrogens with zero attached hydrogens (tertiary/aromatic N) is 6. The maximum absolute atomic E-state index is 13.7. The molecule has 0 radical (unpaired) electrons. The van der Waals surface area contributed by atoms with E-state index in [1.54, 1.807) is 24.1 Å². The molecule has 2 aromatic heterocycles. The number of hydrogen-bond donors (Lipinski definition) is 1. The smallest absolute Gasteiger partial charge is 0.416 e. The van der Waals surface area contributed by atoms with Gasteiger partial charge in [-0.15, -0.1) is 6.58 Å². The summed E-state index contributed by atoms with van der Waals surface area (Å²) >= 11 is 0. The Bertz CT molecular complexity index is 1570. The quantitative estimate of drug-likeness (QED) is 0.219. The van der Waals surface area contributed by atoms with Crippen molar-refractivity contribution in [3.05, 3.63) is 72.3 Å². The lowest BCUT2D eigenvalue weighted by molar-refractivity contribution is -0.144. The first-order valence-corrected chi connectivity index (χ1v) is 14.8. The molecule has 0 unspecified atom stereocenters. The number of likely N-dealkylation sites (tertiary alicyclic amines) is 1. The van der Waals surface area contributed by atoms with E-state index >= 15 is 0 Å². The number of anilines is 1. The van der Waals surface area contributed by atoms with Gasteiger partial charge in [-0.1, -0.05) is 6.08 Å². The first kappa shape index (κ1) is 33.7. The third-order valence-electron chi connectivity index (χ3n) is 8.49. The van der Waals surface area contributed by atoms with E-state index in [4.69, 9.17) is 4.74 Å². The van der Waals surface area contributed by atoms with Crippen LogP contribution in [0.3, 0.4) is 0 Å². The summed E-state index contributed by atoms with van der Waals surface area (Å²) in [6, 6.07) is 0.156. The predicted molar refractivity (Wildman–Crippen MR) is 156 cm³/mol. The first-order valence-electron chi connectivity index (χ1n) is 14.8. The maximum atomic E-state index is 13.7. The third-order valence-corrected chi connectivity index (χ3v) is 8.49. The zero-order valence-corrected chi connectivity index (χ0v) is 25.2. The lowest BCUT2D eigenvalue weighted by Crippen LogP contribution is -2.41. The molecule has 1 N–H and O–H groups in total. The molecule has 1 aliphatic carbocycles. The fraction of sp³-hybridized carbons (Fsp3) is 0.452. The Morgan fingerprint density at radius 3 is 2.13 bits per heavy atom. The highest BCUT2D eigenvalue weighted by Crippen LogP contribution is 2.38. The van der Waals surface area contributed by atoms with Crippen LogP contribution in [0.15, 0.2) is 55.6 Å². The van der Waals surface area contributed by atoms with Crippen LogP contribution in [0.5, 0.6) is 0 Å². The van der Waals surface area contributed by atoms with Gasteiger partial charge in [0.2, 0.25) is 5.95 Å². The van der Waals surface area contributed by atoms with E-state index in [1.165, 1.54) is 28.3 Å². The van der Waals surface area contributed by atoms with Gasteiger partial charge in [-0.05, 0) is 55.9 Å². The van der Waals surface area contributed by atoms with Crippen LogP contribution in [0.25, 0.3) is 11.1 Å². The topological polar surface area (TPSA) is 114 Å². The van der Waals surface area contributed by atoms with E-state index in [1.807, 2.05) is 0 Å². The Balaban J connectivity index is 1.44. The fourth-order valence-electron chi connectivity index (χ4n) is 6.00. The number of rotatable bonds is 8. The molecule has 1 aliphatic heterocycles. The van der Waals surface area contributed by atoms with Gasteiger partial charge < -0.3 is 14.7 Å². The van der Waals surface area contributed by atoms with Crippen LogP contribution in [0, 0.1) is 5.92 Å². The molecule has 16 heteroatoms. The van der Waals surface area contributed by atoms with Crippen LogP contribution in [-0.2, 0) is 35.5 Å². The zero-order chi connectivity index (χ0) is 34.1. The minimum atomic E-state index is -5.03. The van der Waals surface area contributed by atoms with Crippen LogP contribution in [0.2, 0.25) is 0 Å². The number of aryl methyl sites for hydroxylation is 1. The first-order chi connectivity index (χ1) is 22.1. The summed E-state index contributed by atoms with van der Waals surface area (Å²) in [6.45, 7) is 3.35. The Labute approximate surface area is 265 Å². The molecule has 1 saturated heterocycles. The van der Waals surface area contributed by atoms with E-state index in [0.29, 0.717) is 48.9 Å². The van der Waals surface area contributed by atoms with E-state index in [-0.39, 0.29) is 30.5 Å². The average Bonchev–Trinajstić information content (AvgIpc) is 3.66. The molecule has 2 aliphatic rings. The standard InChI is InChI=1S/C31H32F6N6O4/c1-3-24-11-25(17-43(24)29(46)47-26-6-4-19(5-7-26)27(44)45)42(28-38-12-20(13-39-28)21-14-40-41(2)16-21)15-18-8-22(30(32,33)34)10-23(9-18)31(35,36)37/h3,8-10,12-14,16,19,24-26H,1,4-7,11,15,17H2,2H3,(H,44,45)/t19-,24-,25+,26-/m1/s1. The predicted octanol–water partition coefficient (Wildman–Crippen LogP) is 6.33. The number of aromatic nitrogens is 4. The Morgan fingerprint density at radius 1 is 1.00 bits per heavy atom. The Kier molecular flexibility index (Phi) is 9.50. The maximum Gasteiger partial charge on any atom is 0.416 e. The summed E-state index contributed by atoms with van der Waals surface area (Å²) in [7, 11) is 1.72. The molecule has 3 aromatic rings. The number of hydrogen-bond acceptors (Lipinski definition) is 7. The van der Waals surface area contributed by atoms with E-state index in [2.05, 4.69) is 21.6 Å². The van der Waals surface area contributed by atoms with Gasteiger partial charge in [0, 0.05) is 49.9 Å². The van der Waals surface area contributed by atoms with Crippen LogP contribution >= 0.6 is 0 Å². The van der Waals surface area contributed by atoms with Gasteiger partial charge in [0.1, 0.15) is 6.10 Å². The molecular formula is C31H32F6N6O4. The van der Waals surface area contributed by atoms with Crippen LogP contribution < -0.4 is 4.90 Å². The number of benzene rings is 1. The lowest BCUT2D eigenvalue weighted by atomic mass is 9.87. The molecule has 1 amide bonds. The molecule has 3 heterocycles. The van der Waals surface area contributed by atoms with Gasteiger partial charge in [-0.2, -0.15) is 31.4 Å². The summed E-state index contributed by atoms with van der Waals surface area (Å²) in [6.07, 6.45) is -1.80. The number of aliphatic carboxylic acids is 1. The summed E-state index contributed by atoms with van der Waals surface area (Å²) in [4.78, 5) is 36.3. The fourth-order valence-corrected chi connectivity index (χ4v) is 6.00. The number of carboxylic acid groups (broad SMARTS) is 1. The van der Waals surface area contributed by atoms with Gasteiger partial charge in [-0.3, -0.25) is 14.4 Å². The summed E-state index contributed by atoms with van der Waals surface area (Å²) in [5.74, 6) is -1.38.